The molecule has 0 heterocycles. The maximum Gasteiger partial charge on any atom is 0.416 e. The fraction of sp³-hybridized carbons (Fsp3) is 0.316. The molecule has 2 amide bonds. The van der Waals surface area contributed by atoms with Crippen LogP contribution < -0.4 is 10.1 Å². The Morgan fingerprint density at radius 2 is 1.86 bits per heavy atom. The molecule has 0 saturated heterocycles. The normalized spacial score (nSPS) is 11.4. The van der Waals surface area contributed by atoms with Crippen molar-refractivity contribution in [3.63, 3.8) is 0 Å². The number of halogens is 5. The van der Waals surface area contributed by atoms with Crippen LogP contribution in [0.25, 0.3) is 0 Å². The van der Waals surface area contributed by atoms with Crippen molar-refractivity contribution in [2.24, 2.45) is 0 Å². The summed E-state index contributed by atoms with van der Waals surface area (Å²) < 4.78 is 68.4. The lowest BCUT2D eigenvalue weighted by Gasteiger charge is -2.20. The molecule has 9 heteroatoms. The van der Waals surface area contributed by atoms with Crippen LogP contribution in [0.3, 0.4) is 0 Å². The molecule has 2 rings (SSSR count). The van der Waals surface area contributed by atoms with Crippen molar-refractivity contribution in [3.05, 3.63) is 65.2 Å². The molecule has 0 radical (unpaired) electrons. The van der Waals surface area contributed by atoms with E-state index in [-0.39, 0.29) is 24.4 Å². The smallest absolute Gasteiger partial charge is 0.416 e. The van der Waals surface area contributed by atoms with E-state index in [0.717, 1.165) is 11.0 Å². The molecule has 152 valence electrons. The number of ether oxygens (including phenoxy) is 1. The van der Waals surface area contributed by atoms with E-state index in [1.165, 1.54) is 37.4 Å². The van der Waals surface area contributed by atoms with E-state index in [9.17, 15) is 26.7 Å². The standard InChI is InChI=1S/C19H19F5N2O2/c1-26(11-14-6-2-3-8-16(14)19(22,23)24)18(27)25-10-13-5-4-7-15(9-13)28-12-17(20)21/h2-9,17H,10-12H2,1H3,(H,25,27). The third-order valence-corrected chi connectivity index (χ3v) is 3.80. The van der Waals surface area contributed by atoms with E-state index < -0.39 is 30.8 Å². The van der Waals surface area contributed by atoms with Gasteiger partial charge >= 0.3 is 12.2 Å². The Morgan fingerprint density at radius 1 is 1.14 bits per heavy atom. The number of rotatable bonds is 7. The first-order valence-electron chi connectivity index (χ1n) is 8.30. The lowest BCUT2D eigenvalue weighted by atomic mass is 10.1. The molecule has 0 aliphatic heterocycles. The van der Waals surface area contributed by atoms with Gasteiger partial charge in [-0.1, -0.05) is 30.3 Å². The van der Waals surface area contributed by atoms with Crippen molar-refractivity contribution in [2.45, 2.75) is 25.7 Å². The summed E-state index contributed by atoms with van der Waals surface area (Å²) in [6, 6.07) is 10.7. The molecule has 0 saturated carbocycles. The topological polar surface area (TPSA) is 41.6 Å². The van der Waals surface area contributed by atoms with Crippen LogP contribution in [0.5, 0.6) is 5.75 Å². The second-order valence-electron chi connectivity index (χ2n) is 6.02. The zero-order valence-corrected chi connectivity index (χ0v) is 15.0. The van der Waals surface area contributed by atoms with Crippen LogP contribution in [-0.2, 0) is 19.3 Å². The molecule has 0 spiro atoms. The zero-order valence-electron chi connectivity index (χ0n) is 15.0. The first-order valence-corrected chi connectivity index (χ1v) is 8.30. The molecule has 0 bridgehead atoms. The number of hydrogen-bond donors (Lipinski definition) is 1. The van der Waals surface area contributed by atoms with Crippen LogP contribution in [0, 0.1) is 0 Å². The van der Waals surface area contributed by atoms with Gasteiger partial charge in [0.1, 0.15) is 12.4 Å². The predicted molar refractivity (Wildman–Crippen MR) is 93.1 cm³/mol. The Labute approximate surface area is 158 Å². The number of carbonyl (C=O) groups excluding carboxylic acids is 1. The van der Waals surface area contributed by atoms with E-state index in [1.807, 2.05) is 0 Å². The van der Waals surface area contributed by atoms with Crippen LogP contribution in [0.4, 0.5) is 26.7 Å². The summed E-state index contributed by atoms with van der Waals surface area (Å²) in [5.74, 6) is 0.236. The van der Waals surface area contributed by atoms with Crippen molar-refractivity contribution in [2.75, 3.05) is 13.7 Å². The van der Waals surface area contributed by atoms with Gasteiger partial charge in [0.05, 0.1) is 5.56 Å². The number of carbonyl (C=O) groups is 1. The summed E-state index contributed by atoms with van der Waals surface area (Å²) in [6.45, 7) is -0.897. The lowest BCUT2D eigenvalue weighted by molar-refractivity contribution is -0.138. The van der Waals surface area contributed by atoms with Gasteiger partial charge in [0.15, 0.2) is 0 Å². The van der Waals surface area contributed by atoms with Gasteiger partial charge < -0.3 is 15.0 Å². The Bertz CT molecular complexity index is 796. The molecule has 0 atom stereocenters. The molecule has 2 aromatic rings. The summed E-state index contributed by atoms with van der Waals surface area (Å²) in [5, 5.41) is 2.57. The number of urea groups is 1. The molecule has 4 nitrogen and oxygen atoms in total. The second-order valence-corrected chi connectivity index (χ2v) is 6.02. The molecule has 0 aliphatic rings. The number of alkyl halides is 5. The van der Waals surface area contributed by atoms with Crippen molar-refractivity contribution >= 4 is 6.03 Å². The van der Waals surface area contributed by atoms with E-state index in [4.69, 9.17) is 4.74 Å². The lowest BCUT2D eigenvalue weighted by Crippen LogP contribution is -2.36. The van der Waals surface area contributed by atoms with Crippen molar-refractivity contribution in [1.29, 1.82) is 0 Å². The van der Waals surface area contributed by atoms with Gasteiger partial charge in [-0.3, -0.25) is 0 Å². The highest BCUT2D eigenvalue weighted by molar-refractivity contribution is 5.73. The third-order valence-electron chi connectivity index (χ3n) is 3.80. The highest BCUT2D eigenvalue weighted by atomic mass is 19.4. The van der Waals surface area contributed by atoms with Crippen molar-refractivity contribution < 1.29 is 31.5 Å². The zero-order chi connectivity index (χ0) is 20.7. The van der Waals surface area contributed by atoms with E-state index in [2.05, 4.69) is 5.32 Å². The minimum atomic E-state index is -4.51. The van der Waals surface area contributed by atoms with E-state index in [0.29, 0.717) is 5.56 Å². The third kappa shape index (κ3) is 6.40. The highest BCUT2D eigenvalue weighted by Gasteiger charge is 2.33. The molecule has 0 fully saturated rings. The summed E-state index contributed by atoms with van der Waals surface area (Å²) in [6.07, 6.45) is -7.11. The van der Waals surface area contributed by atoms with E-state index >= 15 is 0 Å². The SMILES string of the molecule is CN(Cc1ccccc1C(F)(F)F)C(=O)NCc1cccc(OCC(F)F)c1. The molecule has 1 N–H and O–H groups in total. The number of nitrogens with zero attached hydrogens (tertiary/aromatic N) is 1. The minimum absolute atomic E-state index is 0.0185. The first kappa shape index (κ1) is 21.5. The minimum Gasteiger partial charge on any atom is -0.488 e. The molecule has 28 heavy (non-hydrogen) atoms. The van der Waals surface area contributed by atoms with Crippen LogP contribution in [0.15, 0.2) is 48.5 Å². The highest BCUT2D eigenvalue weighted by Crippen LogP contribution is 2.32. The van der Waals surface area contributed by atoms with Crippen LogP contribution in [0.1, 0.15) is 16.7 Å². The average molecular weight is 402 g/mol. The van der Waals surface area contributed by atoms with Gasteiger partial charge in [0.25, 0.3) is 6.43 Å². The average Bonchev–Trinajstić information content (AvgIpc) is 2.64. The summed E-state index contributed by atoms with van der Waals surface area (Å²) >= 11 is 0. The van der Waals surface area contributed by atoms with Gasteiger partial charge in [0, 0.05) is 20.1 Å². The fourth-order valence-corrected chi connectivity index (χ4v) is 2.48. The van der Waals surface area contributed by atoms with Gasteiger partial charge in [-0.25, -0.2) is 13.6 Å². The van der Waals surface area contributed by atoms with Crippen LogP contribution in [0.2, 0.25) is 0 Å². The number of nitrogens with one attached hydrogen (secondary N) is 1. The predicted octanol–water partition coefficient (Wildman–Crippen LogP) is 4.69. The van der Waals surface area contributed by atoms with Gasteiger partial charge in [-0.05, 0) is 29.3 Å². The summed E-state index contributed by atoms with van der Waals surface area (Å²) in [7, 11) is 1.38. The molecule has 0 unspecified atom stereocenters. The van der Waals surface area contributed by atoms with Gasteiger partial charge in [0.2, 0.25) is 0 Å². The Balaban J connectivity index is 1.94. The molecular formula is C19H19F5N2O2. The van der Waals surface area contributed by atoms with E-state index in [1.54, 1.807) is 12.1 Å². The first-order chi connectivity index (χ1) is 13.2. The number of benzene rings is 2. The number of amides is 2. The van der Waals surface area contributed by atoms with Gasteiger partial charge in [-0.2, -0.15) is 13.2 Å². The van der Waals surface area contributed by atoms with Crippen molar-refractivity contribution in [3.8, 4) is 5.75 Å². The van der Waals surface area contributed by atoms with Crippen molar-refractivity contribution in [1.82, 2.24) is 10.2 Å². The summed E-state index contributed by atoms with van der Waals surface area (Å²) in [4.78, 5) is 13.3. The Kier molecular flexibility index (Phi) is 7.19. The molecule has 0 aromatic heterocycles. The molecular weight excluding hydrogens is 383 g/mol. The quantitative estimate of drug-likeness (QED) is 0.683. The van der Waals surface area contributed by atoms with Gasteiger partial charge in [-0.15, -0.1) is 0 Å². The number of hydrogen-bond acceptors (Lipinski definition) is 2. The maximum absolute atomic E-state index is 13.0. The largest absolute Gasteiger partial charge is 0.488 e. The van der Waals surface area contributed by atoms with Crippen LogP contribution >= 0.6 is 0 Å². The monoisotopic (exact) mass is 402 g/mol. The second kappa shape index (κ2) is 9.38. The Hall–Kier alpha value is -2.84. The maximum atomic E-state index is 13.0. The Morgan fingerprint density at radius 3 is 2.54 bits per heavy atom. The molecule has 2 aromatic carbocycles. The summed E-state index contributed by atoms with van der Waals surface area (Å²) in [5.41, 5.74) is -0.210. The van der Waals surface area contributed by atoms with Crippen LogP contribution in [-0.4, -0.2) is 31.0 Å². The fourth-order valence-electron chi connectivity index (χ4n) is 2.48. The molecule has 0 aliphatic carbocycles.